The summed E-state index contributed by atoms with van der Waals surface area (Å²) in [5.41, 5.74) is 2.22. The van der Waals surface area contributed by atoms with E-state index in [0.717, 1.165) is 10.6 Å². The summed E-state index contributed by atoms with van der Waals surface area (Å²) in [7, 11) is 0. The van der Waals surface area contributed by atoms with Gasteiger partial charge in [-0.3, -0.25) is 14.0 Å². The number of hydrogen-bond donors (Lipinski definition) is 1. The predicted molar refractivity (Wildman–Crippen MR) is 125 cm³/mol. The summed E-state index contributed by atoms with van der Waals surface area (Å²) < 4.78 is 7.32. The fraction of sp³-hybridized carbons (Fsp3) is 0.174. The molecule has 0 radical (unpaired) electrons. The third-order valence-corrected chi connectivity index (χ3v) is 6.63. The monoisotopic (exact) mass is 451 g/mol. The number of thiazole rings is 1. The lowest BCUT2D eigenvalue weighted by molar-refractivity contribution is -0.122. The second-order valence-electron chi connectivity index (χ2n) is 6.93. The number of rotatable bonds is 7. The number of nitrogens with one attached hydrogen (secondary N) is 1. The van der Waals surface area contributed by atoms with Gasteiger partial charge < -0.3 is 10.1 Å². The maximum Gasteiger partial charge on any atom is 0.265 e. The van der Waals surface area contributed by atoms with Crippen LogP contribution in [0, 0.1) is 6.92 Å². The zero-order valence-electron chi connectivity index (χ0n) is 17.1. The normalized spacial score (nSPS) is 11.9. The first-order chi connectivity index (χ1) is 15.0. The molecule has 6 nitrogen and oxygen atoms in total. The van der Waals surface area contributed by atoms with E-state index in [1.54, 1.807) is 17.4 Å². The van der Waals surface area contributed by atoms with E-state index < -0.39 is 6.10 Å². The number of amides is 1. The number of anilines is 1. The molecule has 0 spiro atoms. The molecule has 1 atom stereocenters. The molecule has 1 N–H and O–H groups in total. The fourth-order valence-electron chi connectivity index (χ4n) is 3.01. The van der Waals surface area contributed by atoms with Crippen molar-refractivity contribution in [2.45, 2.75) is 30.6 Å². The number of aromatic nitrogens is 2. The zero-order valence-corrected chi connectivity index (χ0v) is 18.7. The van der Waals surface area contributed by atoms with E-state index in [4.69, 9.17) is 4.74 Å². The number of hydrogen-bond acceptors (Lipinski definition) is 6. The van der Waals surface area contributed by atoms with E-state index in [2.05, 4.69) is 10.3 Å². The van der Waals surface area contributed by atoms with Gasteiger partial charge in [-0.15, -0.1) is 23.1 Å². The van der Waals surface area contributed by atoms with Crippen LogP contribution in [0.5, 0.6) is 5.75 Å². The van der Waals surface area contributed by atoms with Gasteiger partial charge in [0.05, 0.1) is 11.4 Å². The second kappa shape index (κ2) is 9.36. The molecule has 4 aromatic rings. The second-order valence-corrected chi connectivity index (χ2v) is 8.78. The number of para-hydroxylation sites is 2. The maximum absolute atomic E-state index is 12.6. The quantitative estimate of drug-likeness (QED) is 0.410. The molecule has 8 heteroatoms. The van der Waals surface area contributed by atoms with Crippen LogP contribution < -0.4 is 15.6 Å². The van der Waals surface area contributed by atoms with E-state index in [0.29, 0.717) is 27.8 Å². The molecule has 0 unspecified atom stereocenters. The summed E-state index contributed by atoms with van der Waals surface area (Å²) in [5, 5.41) is 4.86. The molecular weight excluding hydrogens is 430 g/mol. The van der Waals surface area contributed by atoms with Crippen molar-refractivity contribution in [2.24, 2.45) is 0 Å². The Bertz CT molecular complexity index is 1270. The van der Waals surface area contributed by atoms with Gasteiger partial charge in [0.25, 0.3) is 11.5 Å². The minimum absolute atomic E-state index is 0.0761. The van der Waals surface area contributed by atoms with Crippen molar-refractivity contribution in [2.75, 3.05) is 5.32 Å². The van der Waals surface area contributed by atoms with Gasteiger partial charge in [-0.2, -0.15) is 0 Å². The molecule has 1 amide bonds. The van der Waals surface area contributed by atoms with Crippen LogP contribution in [0.25, 0.3) is 4.96 Å². The number of carbonyl (C=O) groups excluding carboxylic acids is 1. The topological polar surface area (TPSA) is 72.7 Å². The first-order valence-corrected chi connectivity index (χ1v) is 11.6. The van der Waals surface area contributed by atoms with Crippen molar-refractivity contribution in [1.82, 2.24) is 9.38 Å². The summed E-state index contributed by atoms with van der Waals surface area (Å²) in [6.45, 7) is 3.61. The third kappa shape index (κ3) is 4.98. The van der Waals surface area contributed by atoms with Crippen LogP contribution in [0.2, 0.25) is 0 Å². The zero-order chi connectivity index (χ0) is 21.8. The molecule has 0 aliphatic carbocycles. The Morgan fingerprint density at radius 3 is 2.74 bits per heavy atom. The number of nitrogens with zero attached hydrogens (tertiary/aromatic N) is 2. The van der Waals surface area contributed by atoms with Gasteiger partial charge in [0, 0.05) is 27.8 Å². The van der Waals surface area contributed by atoms with E-state index >= 15 is 0 Å². The molecule has 158 valence electrons. The number of thioether (sulfide) groups is 1. The summed E-state index contributed by atoms with van der Waals surface area (Å²) in [6.07, 6.45) is -0.647. The highest BCUT2D eigenvalue weighted by Gasteiger charge is 2.16. The average Bonchev–Trinajstić information content (AvgIpc) is 3.15. The molecule has 0 aliphatic rings. The standard InChI is InChI=1S/C23H21N3O3S2/c1-15-13-31-23-24-17(12-21(27)26(15)23)14-30-20-11-7-6-10-19(20)25-22(28)16(2)29-18-8-4-3-5-9-18/h3-13,16H,14H2,1-2H3,(H,25,28)/t16-/m1/s1. The van der Waals surface area contributed by atoms with Gasteiger partial charge in [0.15, 0.2) is 11.1 Å². The Morgan fingerprint density at radius 1 is 1.19 bits per heavy atom. The van der Waals surface area contributed by atoms with Crippen LogP contribution >= 0.6 is 23.1 Å². The summed E-state index contributed by atoms with van der Waals surface area (Å²) in [6, 6.07) is 18.4. The van der Waals surface area contributed by atoms with Crippen molar-refractivity contribution >= 4 is 39.7 Å². The molecule has 31 heavy (non-hydrogen) atoms. The fourth-order valence-corrected chi connectivity index (χ4v) is 4.80. The van der Waals surface area contributed by atoms with E-state index in [1.807, 2.05) is 66.9 Å². The van der Waals surface area contributed by atoms with Gasteiger partial charge in [-0.25, -0.2) is 4.98 Å². The molecule has 2 heterocycles. The highest BCUT2D eigenvalue weighted by Crippen LogP contribution is 2.30. The summed E-state index contributed by atoms with van der Waals surface area (Å²) in [5.74, 6) is 0.930. The Hall–Kier alpha value is -3.10. The Kier molecular flexibility index (Phi) is 6.39. The molecule has 0 bridgehead atoms. The van der Waals surface area contributed by atoms with E-state index in [9.17, 15) is 9.59 Å². The number of ether oxygens (including phenoxy) is 1. The van der Waals surface area contributed by atoms with Gasteiger partial charge in [0.1, 0.15) is 5.75 Å². The summed E-state index contributed by atoms with van der Waals surface area (Å²) in [4.78, 5) is 31.2. The smallest absolute Gasteiger partial charge is 0.265 e. The lowest BCUT2D eigenvalue weighted by Crippen LogP contribution is -2.30. The number of benzene rings is 2. The first kappa shape index (κ1) is 21.1. The molecule has 0 saturated heterocycles. The van der Waals surface area contributed by atoms with Gasteiger partial charge in [-0.1, -0.05) is 30.3 Å². The first-order valence-electron chi connectivity index (χ1n) is 9.72. The third-order valence-electron chi connectivity index (χ3n) is 4.57. The van der Waals surface area contributed by atoms with Gasteiger partial charge in [0.2, 0.25) is 0 Å². The lowest BCUT2D eigenvalue weighted by atomic mass is 10.3. The van der Waals surface area contributed by atoms with Crippen molar-refractivity contribution in [3.63, 3.8) is 0 Å². The van der Waals surface area contributed by atoms with Crippen molar-refractivity contribution in [1.29, 1.82) is 0 Å². The molecule has 0 saturated carbocycles. The molecule has 0 fully saturated rings. The molecule has 2 aromatic carbocycles. The maximum atomic E-state index is 12.6. The van der Waals surface area contributed by atoms with Crippen LogP contribution in [0.15, 0.2) is 75.7 Å². The highest BCUT2D eigenvalue weighted by molar-refractivity contribution is 7.98. The minimum Gasteiger partial charge on any atom is -0.481 e. The highest BCUT2D eigenvalue weighted by atomic mass is 32.2. The van der Waals surface area contributed by atoms with Crippen LogP contribution in [0.4, 0.5) is 5.69 Å². The summed E-state index contributed by atoms with van der Waals surface area (Å²) >= 11 is 2.97. The number of fused-ring (bicyclic) bond motifs is 1. The van der Waals surface area contributed by atoms with E-state index in [1.165, 1.54) is 23.1 Å². The van der Waals surface area contributed by atoms with Crippen LogP contribution in [0.3, 0.4) is 0 Å². The van der Waals surface area contributed by atoms with Crippen LogP contribution in [0.1, 0.15) is 18.3 Å². The van der Waals surface area contributed by atoms with Gasteiger partial charge >= 0.3 is 0 Å². The Labute approximate surface area is 187 Å². The van der Waals surface area contributed by atoms with Crippen molar-refractivity contribution in [3.8, 4) is 5.75 Å². The Morgan fingerprint density at radius 2 is 1.94 bits per heavy atom. The van der Waals surface area contributed by atoms with Crippen molar-refractivity contribution < 1.29 is 9.53 Å². The number of aryl methyl sites for hydroxylation is 1. The van der Waals surface area contributed by atoms with E-state index in [-0.39, 0.29) is 11.5 Å². The number of carbonyl (C=O) groups is 1. The average molecular weight is 452 g/mol. The Balaban J connectivity index is 1.45. The molecule has 0 aliphatic heterocycles. The van der Waals surface area contributed by atoms with Gasteiger partial charge in [-0.05, 0) is 38.1 Å². The van der Waals surface area contributed by atoms with Crippen LogP contribution in [-0.2, 0) is 10.5 Å². The SMILES string of the molecule is Cc1csc2nc(CSc3ccccc3NC(=O)[C@@H](C)Oc3ccccc3)cc(=O)n12. The molecule has 2 aromatic heterocycles. The van der Waals surface area contributed by atoms with Crippen LogP contribution in [-0.4, -0.2) is 21.4 Å². The predicted octanol–water partition coefficient (Wildman–Crippen LogP) is 4.76. The molecular formula is C23H21N3O3S2. The molecule has 4 rings (SSSR count). The minimum atomic E-state index is -0.647. The van der Waals surface area contributed by atoms with Crippen molar-refractivity contribution in [3.05, 3.63) is 87.8 Å². The lowest BCUT2D eigenvalue weighted by Gasteiger charge is -2.16. The largest absolute Gasteiger partial charge is 0.481 e.